The molecule has 0 atom stereocenters. The van der Waals surface area contributed by atoms with Crippen LogP contribution in [0.3, 0.4) is 0 Å². The van der Waals surface area contributed by atoms with Crippen LogP contribution in [-0.2, 0) is 6.54 Å². The van der Waals surface area contributed by atoms with Crippen LogP contribution in [0.4, 0.5) is 11.4 Å². The number of benzene rings is 2. The number of hydrogen-bond donors (Lipinski definition) is 4. The van der Waals surface area contributed by atoms with E-state index < -0.39 is 11.0 Å². The van der Waals surface area contributed by atoms with Crippen LogP contribution in [0.2, 0.25) is 5.02 Å². The maximum absolute atomic E-state index is 8.76. The molecule has 0 amide bonds. The molecule has 4 rings (SSSR count). The molecular formula is C22H26ClN9. The lowest BCUT2D eigenvalue weighted by Gasteiger charge is -2.51. The third-order valence-corrected chi connectivity index (χ3v) is 6.73. The number of anilines is 1. The molecule has 1 spiro atoms. The van der Waals surface area contributed by atoms with Gasteiger partial charge in [-0.05, 0) is 61.0 Å². The van der Waals surface area contributed by atoms with Crippen LogP contribution in [0.15, 0.2) is 58.6 Å². The predicted molar refractivity (Wildman–Crippen MR) is 128 cm³/mol. The molecule has 10 heteroatoms. The van der Waals surface area contributed by atoms with Crippen molar-refractivity contribution in [2.45, 2.75) is 37.8 Å². The smallest absolute Gasteiger partial charge is 0.144 e. The Morgan fingerprint density at radius 3 is 2.72 bits per heavy atom. The summed E-state index contributed by atoms with van der Waals surface area (Å²) in [6.07, 6.45) is 4.09. The molecule has 1 fully saturated rings. The third kappa shape index (κ3) is 4.16. The number of para-hydroxylation sites is 2. The summed E-state index contributed by atoms with van der Waals surface area (Å²) < 4.78 is 0. The summed E-state index contributed by atoms with van der Waals surface area (Å²) in [5.74, 6) is 7.45. The van der Waals surface area contributed by atoms with E-state index in [1.54, 1.807) is 5.01 Å². The molecule has 0 radical (unpaired) electrons. The van der Waals surface area contributed by atoms with Crippen molar-refractivity contribution in [1.29, 1.82) is 5.41 Å². The molecule has 1 heterocycles. The minimum absolute atomic E-state index is 0.275. The highest BCUT2D eigenvalue weighted by atomic mass is 35.5. The van der Waals surface area contributed by atoms with Gasteiger partial charge in [0.05, 0.1) is 11.4 Å². The second-order valence-corrected chi connectivity index (χ2v) is 8.79. The molecule has 0 bridgehead atoms. The number of amidine groups is 1. The van der Waals surface area contributed by atoms with Crippen molar-refractivity contribution in [2.24, 2.45) is 21.4 Å². The maximum Gasteiger partial charge on any atom is 0.144 e. The molecule has 32 heavy (non-hydrogen) atoms. The van der Waals surface area contributed by atoms with Crippen LogP contribution in [0, 0.1) is 10.8 Å². The molecular weight excluding hydrogens is 426 g/mol. The molecule has 0 aromatic heterocycles. The van der Waals surface area contributed by atoms with Crippen molar-refractivity contribution >= 4 is 35.0 Å². The molecule has 0 saturated heterocycles. The molecule has 166 valence electrons. The zero-order chi connectivity index (χ0) is 22.6. The molecule has 0 unspecified atom stereocenters. The largest absolute Gasteiger partial charge is 0.313 e. The molecule has 9 nitrogen and oxygen atoms in total. The zero-order valence-corrected chi connectivity index (χ0v) is 18.4. The fourth-order valence-electron chi connectivity index (χ4n) is 4.51. The molecule has 2 aromatic rings. The minimum atomic E-state index is -0.557. The first-order valence-corrected chi connectivity index (χ1v) is 10.9. The van der Waals surface area contributed by atoms with E-state index in [4.69, 9.17) is 33.4 Å². The average Bonchev–Trinajstić information content (AvgIpc) is 2.82. The first-order valence-electron chi connectivity index (χ1n) is 10.5. The van der Waals surface area contributed by atoms with Crippen molar-refractivity contribution in [3.8, 4) is 0 Å². The van der Waals surface area contributed by atoms with Gasteiger partial charge < -0.3 is 10.8 Å². The first kappa shape index (κ1) is 22.1. The Labute approximate surface area is 191 Å². The summed E-state index contributed by atoms with van der Waals surface area (Å²) >= 11 is 6.10. The molecule has 1 aliphatic carbocycles. The standard InChI is InChI=1S/C22H26ClN9/c23-17-5-3-4-16(12-17)13-27-30-20-22(32(26)19-7-2-1-6-18(19)29-20)10-8-21(14-24,9-11-22)15-28-31-25/h1-7,12,14,24,27H,8-11,13,15,26H2,(H,29,30). The topological polar surface area (TPSA) is 138 Å². The van der Waals surface area contributed by atoms with Crippen molar-refractivity contribution in [3.05, 3.63) is 69.6 Å². The lowest BCUT2D eigenvalue weighted by atomic mass is 9.66. The summed E-state index contributed by atoms with van der Waals surface area (Å²) in [5, 5.41) is 14.2. The fraction of sp³-hybridized carbons (Fsp3) is 0.364. The summed E-state index contributed by atoms with van der Waals surface area (Å²) in [6, 6.07) is 15.5. The summed E-state index contributed by atoms with van der Waals surface area (Å²) in [6.45, 7) is 0.834. The quantitative estimate of drug-likeness (QED) is 0.127. The van der Waals surface area contributed by atoms with E-state index in [0.29, 0.717) is 37.3 Å². The Hall–Kier alpha value is -3.10. The van der Waals surface area contributed by atoms with Crippen LogP contribution in [0.25, 0.3) is 10.4 Å². The van der Waals surface area contributed by atoms with Gasteiger partial charge in [-0.25, -0.2) is 16.3 Å². The Bertz CT molecular complexity index is 1070. The molecule has 2 aromatic carbocycles. The Morgan fingerprint density at radius 2 is 2.00 bits per heavy atom. The van der Waals surface area contributed by atoms with E-state index in [0.717, 1.165) is 22.8 Å². The number of nitrogens with two attached hydrogens (primary N) is 1. The second-order valence-electron chi connectivity index (χ2n) is 8.35. The van der Waals surface area contributed by atoms with Gasteiger partial charge in [-0.15, -0.1) is 0 Å². The zero-order valence-electron chi connectivity index (χ0n) is 17.6. The number of hydrazine groups is 2. The predicted octanol–water partition coefficient (Wildman–Crippen LogP) is 4.62. The molecule has 1 aliphatic heterocycles. The number of fused-ring (bicyclic) bond motifs is 1. The number of aliphatic imine (C=N–C) groups is 1. The van der Waals surface area contributed by atoms with Gasteiger partial charge >= 0.3 is 0 Å². The number of hydrogen-bond acceptors (Lipinski definition) is 7. The number of azide groups is 1. The fourth-order valence-corrected chi connectivity index (χ4v) is 4.73. The number of halogens is 1. The van der Waals surface area contributed by atoms with Crippen LogP contribution < -0.4 is 21.7 Å². The molecule has 2 aliphatic rings. The van der Waals surface area contributed by atoms with E-state index in [-0.39, 0.29) is 6.54 Å². The van der Waals surface area contributed by atoms with Crippen molar-refractivity contribution in [1.82, 2.24) is 10.9 Å². The van der Waals surface area contributed by atoms with Gasteiger partial charge in [-0.2, -0.15) is 0 Å². The Morgan fingerprint density at radius 1 is 1.22 bits per heavy atom. The third-order valence-electron chi connectivity index (χ3n) is 6.49. The van der Waals surface area contributed by atoms with E-state index >= 15 is 0 Å². The highest BCUT2D eigenvalue weighted by molar-refractivity contribution is 6.30. The normalized spacial score (nSPS) is 24.3. The van der Waals surface area contributed by atoms with Crippen LogP contribution in [0.1, 0.15) is 31.2 Å². The SMILES string of the molecule is [N-]=[N+]=NCC1(C=N)CCC2(CC1)C(NNCc1cccc(Cl)c1)=Nc1ccccc1N2N. The van der Waals surface area contributed by atoms with Crippen LogP contribution >= 0.6 is 11.6 Å². The van der Waals surface area contributed by atoms with Gasteiger partial charge in [0.25, 0.3) is 0 Å². The lowest BCUT2D eigenvalue weighted by Crippen LogP contribution is -2.67. The lowest BCUT2D eigenvalue weighted by molar-refractivity contribution is 0.230. The van der Waals surface area contributed by atoms with Crippen molar-refractivity contribution < 1.29 is 0 Å². The average molecular weight is 452 g/mol. The van der Waals surface area contributed by atoms with Gasteiger partial charge in [-0.3, -0.25) is 5.01 Å². The van der Waals surface area contributed by atoms with E-state index in [1.165, 1.54) is 6.21 Å². The monoisotopic (exact) mass is 451 g/mol. The molecule has 5 N–H and O–H groups in total. The Balaban J connectivity index is 1.59. The summed E-state index contributed by atoms with van der Waals surface area (Å²) in [7, 11) is 0. The van der Waals surface area contributed by atoms with Gasteiger partial charge in [0, 0.05) is 34.7 Å². The van der Waals surface area contributed by atoms with Gasteiger partial charge in [0.2, 0.25) is 0 Å². The highest BCUT2D eigenvalue weighted by Crippen LogP contribution is 2.47. The van der Waals surface area contributed by atoms with E-state index in [2.05, 4.69) is 20.9 Å². The van der Waals surface area contributed by atoms with Gasteiger partial charge in [0.15, 0.2) is 0 Å². The summed E-state index contributed by atoms with van der Waals surface area (Å²) in [5.41, 5.74) is 17.0. The van der Waals surface area contributed by atoms with Gasteiger partial charge in [-0.1, -0.05) is 41.0 Å². The van der Waals surface area contributed by atoms with Crippen molar-refractivity contribution in [2.75, 3.05) is 11.6 Å². The maximum atomic E-state index is 8.76. The van der Waals surface area contributed by atoms with E-state index in [9.17, 15) is 0 Å². The Kier molecular flexibility index (Phi) is 6.34. The first-order chi connectivity index (χ1) is 15.5. The van der Waals surface area contributed by atoms with Crippen LogP contribution in [0.5, 0.6) is 0 Å². The number of nitrogens with zero attached hydrogens (tertiary/aromatic N) is 5. The highest BCUT2D eigenvalue weighted by Gasteiger charge is 2.50. The summed E-state index contributed by atoms with van der Waals surface area (Å²) in [4.78, 5) is 7.81. The minimum Gasteiger partial charge on any atom is -0.313 e. The van der Waals surface area contributed by atoms with E-state index in [1.807, 2.05) is 48.5 Å². The van der Waals surface area contributed by atoms with Crippen LogP contribution in [-0.4, -0.2) is 24.1 Å². The second kappa shape index (κ2) is 9.18. The van der Waals surface area contributed by atoms with Gasteiger partial charge in [0.1, 0.15) is 11.4 Å². The molecule has 1 saturated carbocycles. The number of nitrogens with one attached hydrogen (secondary N) is 3. The van der Waals surface area contributed by atoms with Crippen molar-refractivity contribution in [3.63, 3.8) is 0 Å². The number of rotatable bonds is 6.